The highest BCUT2D eigenvalue weighted by Crippen LogP contribution is 2.32. The van der Waals surface area contributed by atoms with Gasteiger partial charge < -0.3 is 15.4 Å². The molecule has 5 nitrogen and oxygen atoms in total. The van der Waals surface area contributed by atoms with E-state index in [1.807, 2.05) is 0 Å². The Morgan fingerprint density at radius 1 is 1.20 bits per heavy atom. The molecule has 1 atom stereocenters. The molecule has 25 heavy (non-hydrogen) atoms. The van der Waals surface area contributed by atoms with E-state index in [1.165, 1.54) is 27.1 Å². The normalized spacial score (nSPS) is 17.2. The third-order valence-electron chi connectivity index (χ3n) is 4.52. The smallest absolute Gasteiger partial charge is 0.337 e. The first kappa shape index (κ1) is 19.4. The van der Waals surface area contributed by atoms with Crippen LogP contribution in [0.3, 0.4) is 0 Å². The zero-order valence-corrected chi connectivity index (χ0v) is 16.5. The minimum atomic E-state index is -0.382. The number of urea groups is 1. The van der Waals surface area contributed by atoms with Crippen LogP contribution in [-0.4, -0.2) is 30.4 Å². The Morgan fingerprint density at radius 3 is 2.36 bits per heavy atom. The highest BCUT2D eigenvalue weighted by molar-refractivity contribution is 7.99. The summed E-state index contributed by atoms with van der Waals surface area (Å²) in [6, 6.07) is 1.53. The second-order valence-electron chi connectivity index (χ2n) is 6.31. The number of hydrogen-bond acceptors (Lipinski definition) is 4. The van der Waals surface area contributed by atoms with Gasteiger partial charge in [-0.25, -0.2) is 9.59 Å². The van der Waals surface area contributed by atoms with Crippen LogP contribution < -0.4 is 10.6 Å². The Hall–Kier alpha value is -1.95. The average Bonchev–Trinajstić information content (AvgIpc) is 2.52. The van der Waals surface area contributed by atoms with E-state index in [1.54, 1.807) is 25.6 Å². The van der Waals surface area contributed by atoms with Crippen molar-refractivity contribution in [3.05, 3.63) is 39.6 Å². The summed E-state index contributed by atoms with van der Waals surface area (Å²) in [7, 11) is 0. The average molecular weight is 362 g/mol. The van der Waals surface area contributed by atoms with Gasteiger partial charge >= 0.3 is 12.0 Å². The SMILES string of the molecule is CCOC(=O)C1=C(CSc2c(C)c(C)cc(C)c2C)NC(=O)N[C@@H]1C. The standard InChI is InChI=1S/C19H26N2O3S/c1-7-24-18(22)16-14(6)20-19(23)21-15(16)9-25-17-12(4)10(2)8-11(3)13(17)5/h8,14H,7,9H2,1-6H3,(H2,20,21,23)/t14-/m1/s1. The van der Waals surface area contributed by atoms with Crippen molar-refractivity contribution in [3.63, 3.8) is 0 Å². The molecule has 0 saturated carbocycles. The second kappa shape index (κ2) is 7.95. The largest absolute Gasteiger partial charge is 0.463 e. The predicted molar refractivity (Wildman–Crippen MR) is 101 cm³/mol. The Morgan fingerprint density at radius 2 is 1.80 bits per heavy atom. The number of thioether (sulfide) groups is 1. The van der Waals surface area contributed by atoms with Crippen molar-refractivity contribution in [2.75, 3.05) is 12.4 Å². The molecule has 6 heteroatoms. The molecule has 0 aromatic heterocycles. The molecule has 1 heterocycles. The Labute approximate surface area is 153 Å². The number of hydrogen-bond donors (Lipinski definition) is 2. The van der Waals surface area contributed by atoms with E-state index in [0.717, 1.165) is 0 Å². The third kappa shape index (κ3) is 4.18. The van der Waals surface area contributed by atoms with Crippen LogP contribution in [0.2, 0.25) is 0 Å². The molecule has 2 N–H and O–H groups in total. The zero-order chi connectivity index (χ0) is 18.7. The zero-order valence-electron chi connectivity index (χ0n) is 15.7. The first-order chi connectivity index (χ1) is 11.8. The number of nitrogens with one attached hydrogen (secondary N) is 2. The fourth-order valence-electron chi connectivity index (χ4n) is 2.93. The van der Waals surface area contributed by atoms with Gasteiger partial charge in [0.2, 0.25) is 0 Å². The molecule has 1 aliphatic heterocycles. The van der Waals surface area contributed by atoms with E-state index in [0.29, 0.717) is 23.6 Å². The lowest BCUT2D eigenvalue weighted by Crippen LogP contribution is -2.49. The first-order valence-corrected chi connectivity index (χ1v) is 9.42. The Bertz CT molecular complexity index is 714. The summed E-state index contributed by atoms with van der Waals surface area (Å²) in [6.07, 6.45) is 0. The van der Waals surface area contributed by atoms with E-state index in [-0.39, 0.29) is 18.0 Å². The molecular weight excluding hydrogens is 336 g/mol. The minimum Gasteiger partial charge on any atom is -0.463 e. The number of amides is 2. The second-order valence-corrected chi connectivity index (χ2v) is 7.30. The number of carbonyl (C=O) groups is 2. The van der Waals surface area contributed by atoms with Crippen LogP contribution in [-0.2, 0) is 9.53 Å². The van der Waals surface area contributed by atoms with Crippen LogP contribution in [0.1, 0.15) is 36.1 Å². The number of ether oxygens (including phenoxy) is 1. The molecule has 0 saturated heterocycles. The van der Waals surface area contributed by atoms with Crippen molar-refractivity contribution in [2.45, 2.75) is 52.5 Å². The molecule has 0 bridgehead atoms. The summed E-state index contributed by atoms with van der Waals surface area (Å²) in [5.41, 5.74) is 6.08. The summed E-state index contributed by atoms with van der Waals surface area (Å²) in [4.78, 5) is 25.3. The molecule has 0 radical (unpaired) electrons. The van der Waals surface area contributed by atoms with Gasteiger partial charge in [0.25, 0.3) is 0 Å². The highest BCUT2D eigenvalue weighted by atomic mass is 32.2. The lowest BCUT2D eigenvalue weighted by Gasteiger charge is -2.27. The maximum absolute atomic E-state index is 12.3. The van der Waals surface area contributed by atoms with Crippen molar-refractivity contribution in [2.24, 2.45) is 0 Å². The van der Waals surface area contributed by atoms with Crippen LogP contribution >= 0.6 is 11.8 Å². The number of aryl methyl sites for hydroxylation is 2. The third-order valence-corrected chi connectivity index (χ3v) is 5.86. The molecule has 1 aromatic carbocycles. The molecular formula is C19H26N2O3S. The van der Waals surface area contributed by atoms with E-state index >= 15 is 0 Å². The number of rotatable bonds is 5. The van der Waals surface area contributed by atoms with Gasteiger partial charge in [0.1, 0.15) is 0 Å². The van der Waals surface area contributed by atoms with Gasteiger partial charge in [-0.1, -0.05) is 6.07 Å². The topological polar surface area (TPSA) is 67.4 Å². The van der Waals surface area contributed by atoms with E-state index in [4.69, 9.17) is 4.74 Å². The summed E-state index contributed by atoms with van der Waals surface area (Å²) < 4.78 is 5.16. The molecule has 0 fully saturated rings. The van der Waals surface area contributed by atoms with E-state index < -0.39 is 0 Å². The van der Waals surface area contributed by atoms with Crippen LogP contribution in [0, 0.1) is 27.7 Å². The Kier molecular flexibility index (Phi) is 6.16. The molecule has 2 rings (SSSR count). The van der Waals surface area contributed by atoms with Crippen LogP contribution in [0.15, 0.2) is 22.2 Å². The number of carbonyl (C=O) groups excluding carboxylic acids is 2. The van der Waals surface area contributed by atoms with E-state index in [2.05, 4.69) is 44.4 Å². The van der Waals surface area contributed by atoms with Crippen molar-refractivity contribution in [1.82, 2.24) is 10.6 Å². The van der Waals surface area contributed by atoms with Crippen molar-refractivity contribution < 1.29 is 14.3 Å². The fraction of sp³-hybridized carbons (Fsp3) is 0.474. The summed E-state index contributed by atoms with van der Waals surface area (Å²) in [6.45, 7) is 12.3. The van der Waals surface area contributed by atoms with Crippen LogP contribution in [0.25, 0.3) is 0 Å². The van der Waals surface area contributed by atoms with Crippen LogP contribution in [0.5, 0.6) is 0 Å². The van der Waals surface area contributed by atoms with Gasteiger partial charge in [-0.3, -0.25) is 0 Å². The quantitative estimate of drug-likeness (QED) is 0.621. The van der Waals surface area contributed by atoms with Crippen molar-refractivity contribution in [1.29, 1.82) is 0 Å². The Balaban J connectivity index is 2.34. The fourth-order valence-corrected chi connectivity index (χ4v) is 4.21. The van der Waals surface area contributed by atoms with Gasteiger partial charge in [-0.05, 0) is 63.8 Å². The highest BCUT2D eigenvalue weighted by Gasteiger charge is 2.29. The van der Waals surface area contributed by atoms with Gasteiger partial charge in [0.05, 0.1) is 18.2 Å². The van der Waals surface area contributed by atoms with Crippen molar-refractivity contribution >= 4 is 23.8 Å². The minimum absolute atomic E-state index is 0.287. The van der Waals surface area contributed by atoms with Gasteiger partial charge in [0, 0.05) is 16.3 Å². The first-order valence-electron chi connectivity index (χ1n) is 8.44. The molecule has 0 unspecified atom stereocenters. The molecule has 1 aliphatic rings. The number of esters is 1. The lowest BCUT2D eigenvalue weighted by molar-refractivity contribution is -0.138. The maximum Gasteiger partial charge on any atom is 0.337 e. The monoisotopic (exact) mass is 362 g/mol. The van der Waals surface area contributed by atoms with Crippen LogP contribution in [0.4, 0.5) is 4.79 Å². The molecule has 2 amide bonds. The van der Waals surface area contributed by atoms with Crippen molar-refractivity contribution in [3.8, 4) is 0 Å². The molecule has 0 spiro atoms. The summed E-state index contributed by atoms with van der Waals surface area (Å²) in [5, 5.41) is 5.50. The maximum atomic E-state index is 12.3. The van der Waals surface area contributed by atoms with E-state index in [9.17, 15) is 9.59 Å². The molecule has 1 aromatic rings. The van der Waals surface area contributed by atoms with Gasteiger partial charge in [-0.2, -0.15) is 0 Å². The molecule has 136 valence electrons. The van der Waals surface area contributed by atoms with Gasteiger partial charge in [-0.15, -0.1) is 11.8 Å². The summed E-state index contributed by atoms with van der Waals surface area (Å²) >= 11 is 1.64. The predicted octanol–water partition coefficient (Wildman–Crippen LogP) is 3.53. The summed E-state index contributed by atoms with van der Waals surface area (Å²) in [5.74, 6) is 0.128. The number of benzene rings is 1. The van der Waals surface area contributed by atoms with Gasteiger partial charge in [0.15, 0.2) is 0 Å². The lowest BCUT2D eigenvalue weighted by atomic mass is 10.0. The molecule has 0 aliphatic carbocycles.